The van der Waals surface area contributed by atoms with Gasteiger partial charge in [-0.25, -0.2) is 0 Å². The maximum absolute atomic E-state index is 5.86. The van der Waals surface area contributed by atoms with Crippen molar-refractivity contribution in [3.05, 3.63) is 34.9 Å². The van der Waals surface area contributed by atoms with Gasteiger partial charge in [0.1, 0.15) is 0 Å². The van der Waals surface area contributed by atoms with Crippen LogP contribution in [0.4, 0.5) is 0 Å². The highest BCUT2D eigenvalue weighted by Gasteiger charge is 2.20. The Balaban J connectivity index is 1.80. The lowest BCUT2D eigenvalue weighted by Crippen LogP contribution is -2.31. The first-order chi connectivity index (χ1) is 7.75. The molecule has 0 aliphatic heterocycles. The Bertz CT molecular complexity index is 314. The molecule has 88 valence electrons. The summed E-state index contributed by atoms with van der Waals surface area (Å²) in [6.45, 7) is 3.26. The van der Waals surface area contributed by atoms with Crippen molar-refractivity contribution in [1.29, 1.82) is 0 Å². The standard InChI is InChI=1S/C14H20ClN/c1-11(13-4-2-3-5-13)16-10-12-6-8-14(15)9-7-12/h6-9,11,13,16H,2-5,10H2,1H3/t11-/m0/s1. The molecule has 1 nitrogen and oxygen atoms in total. The van der Waals surface area contributed by atoms with Crippen molar-refractivity contribution in [2.75, 3.05) is 0 Å². The number of nitrogens with one attached hydrogen (secondary N) is 1. The van der Waals surface area contributed by atoms with Crippen LogP contribution in [-0.4, -0.2) is 6.04 Å². The van der Waals surface area contributed by atoms with Crippen LogP contribution in [0.2, 0.25) is 5.02 Å². The molecule has 2 heteroatoms. The predicted molar refractivity (Wildman–Crippen MR) is 69.7 cm³/mol. The maximum Gasteiger partial charge on any atom is 0.0406 e. The van der Waals surface area contributed by atoms with Crippen LogP contribution in [0.1, 0.15) is 38.2 Å². The van der Waals surface area contributed by atoms with Gasteiger partial charge in [0.2, 0.25) is 0 Å². The zero-order chi connectivity index (χ0) is 11.4. The van der Waals surface area contributed by atoms with Gasteiger partial charge in [0.15, 0.2) is 0 Å². The number of hydrogen-bond acceptors (Lipinski definition) is 1. The van der Waals surface area contributed by atoms with Gasteiger partial charge in [-0.1, -0.05) is 36.6 Å². The molecule has 1 N–H and O–H groups in total. The molecule has 0 heterocycles. The summed E-state index contributed by atoms with van der Waals surface area (Å²) in [7, 11) is 0. The number of halogens is 1. The summed E-state index contributed by atoms with van der Waals surface area (Å²) in [5.74, 6) is 0.882. The van der Waals surface area contributed by atoms with Gasteiger partial charge in [0.05, 0.1) is 0 Å². The van der Waals surface area contributed by atoms with Crippen LogP contribution in [0.3, 0.4) is 0 Å². The van der Waals surface area contributed by atoms with Crippen LogP contribution in [0, 0.1) is 5.92 Å². The highest BCUT2D eigenvalue weighted by molar-refractivity contribution is 6.30. The summed E-state index contributed by atoms with van der Waals surface area (Å²) in [5.41, 5.74) is 1.31. The van der Waals surface area contributed by atoms with Crippen molar-refractivity contribution in [3.8, 4) is 0 Å². The summed E-state index contributed by atoms with van der Waals surface area (Å²) in [4.78, 5) is 0. The molecule has 0 amide bonds. The van der Waals surface area contributed by atoms with Gasteiger partial charge in [-0.3, -0.25) is 0 Å². The van der Waals surface area contributed by atoms with Crippen LogP contribution in [-0.2, 0) is 6.54 Å². The molecular formula is C14H20ClN. The van der Waals surface area contributed by atoms with E-state index in [9.17, 15) is 0 Å². The molecule has 0 bridgehead atoms. The molecule has 0 unspecified atom stereocenters. The monoisotopic (exact) mass is 237 g/mol. The van der Waals surface area contributed by atoms with Crippen molar-refractivity contribution in [2.24, 2.45) is 5.92 Å². The SMILES string of the molecule is C[C@H](NCc1ccc(Cl)cc1)C1CCCC1. The molecule has 1 fully saturated rings. The van der Waals surface area contributed by atoms with E-state index in [1.807, 2.05) is 12.1 Å². The Labute approximate surface area is 103 Å². The number of hydrogen-bond donors (Lipinski definition) is 1. The first-order valence-corrected chi connectivity index (χ1v) is 6.61. The fourth-order valence-corrected chi connectivity index (χ4v) is 2.63. The molecule has 0 radical (unpaired) electrons. The van der Waals surface area contributed by atoms with E-state index in [1.54, 1.807) is 0 Å². The lowest BCUT2D eigenvalue weighted by atomic mass is 9.99. The van der Waals surface area contributed by atoms with E-state index in [0.29, 0.717) is 6.04 Å². The Morgan fingerprint density at radius 3 is 2.50 bits per heavy atom. The molecular weight excluding hydrogens is 218 g/mol. The quantitative estimate of drug-likeness (QED) is 0.835. The highest BCUT2D eigenvalue weighted by atomic mass is 35.5. The lowest BCUT2D eigenvalue weighted by Gasteiger charge is -2.20. The molecule has 1 aromatic carbocycles. The van der Waals surface area contributed by atoms with E-state index in [-0.39, 0.29) is 0 Å². The minimum absolute atomic E-state index is 0.637. The molecule has 1 aliphatic rings. The zero-order valence-electron chi connectivity index (χ0n) is 9.88. The molecule has 2 rings (SSSR count). The van der Waals surface area contributed by atoms with E-state index in [4.69, 9.17) is 11.6 Å². The minimum atomic E-state index is 0.637. The van der Waals surface area contributed by atoms with Crippen LogP contribution < -0.4 is 5.32 Å². The molecule has 0 aromatic heterocycles. The average Bonchev–Trinajstić information content (AvgIpc) is 2.81. The predicted octanol–water partition coefficient (Wildman–Crippen LogP) is 4.01. The first-order valence-electron chi connectivity index (χ1n) is 6.23. The van der Waals surface area contributed by atoms with Crippen molar-refractivity contribution >= 4 is 11.6 Å². The third-order valence-corrected chi connectivity index (χ3v) is 3.90. The largest absolute Gasteiger partial charge is 0.310 e. The Kier molecular flexibility index (Phi) is 4.25. The molecule has 1 aliphatic carbocycles. The Hall–Kier alpha value is -0.530. The topological polar surface area (TPSA) is 12.0 Å². The van der Waals surface area contributed by atoms with E-state index < -0.39 is 0 Å². The lowest BCUT2D eigenvalue weighted by molar-refractivity contribution is 0.380. The summed E-state index contributed by atoms with van der Waals surface area (Å²) >= 11 is 5.86. The summed E-state index contributed by atoms with van der Waals surface area (Å²) in [6.07, 6.45) is 5.62. The molecule has 1 atom stereocenters. The van der Waals surface area contributed by atoms with Crippen molar-refractivity contribution < 1.29 is 0 Å². The van der Waals surface area contributed by atoms with Gasteiger partial charge in [-0.05, 0) is 43.4 Å². The van der Waals surface area contributed by atoms with Crippen LogP contribution in [0.5, 0.6) is 0 Å². The summed E-state index contributed by atoms with van der Waals surface area (Å²) in [5, 5.41) is 4.43. The Morgan fingerprint density at radius 1 is 1.25 bits per heavy atom. The third-order valence-electron chi connectivity index (χ3n) is 3.65. The van der Waals surface area contributed by atoms with Crippen LogP contribution in [0.25, 0.3) is 0 Å². The van der Waals surface area contributed by atoms with Gasteiger partial charge in [0.25, 0.3) is 0 Å². The molecule has 0 spiro atoms. The summed E-state index contributed by atoms with van der Waals surface area (Å²) in [6, 6.07) is 8.74. The van der Waals surface area contributed by atoms with Crippen LogP contribution in [0.15, 0.2) is 24.3 Å². The highest BCUT2D eigenvalue weighted by Crippen LogP contribution is 2.27. The second kappa shape index (κ2) is 5.70. The third kappa shape index (κ3) is 3.23. The van der Waals surface area contributed by atoms with Gasteiger partial charge >= 0.3 is 0 Å². The maximum atomic E-state index is 5.86. The van der Waals surface area contributed by atoms with Gasteiger partial charge in [-0.2, -0.15) is 0 Å². The average molecular weight is 238 g/mol. The van der Waals surface area contributed by atoms with Crippen LogP contribution >= 0.6 is 11.6 Å². The number of benzene rings is 1. The minimum Gasteiger partial charge on any atom is -0.310 e. The van der Waals surface area contributed by atoms with Gasteiger partial charge in [-0.15, -0.1) is 0 Å². The fourth-order valence-electron chi connectivity index (χ4n) is 2.51. The van der Waals surface area contributed by atoms with E-state index >= 15 is 0 Å². The van der Waals surface area contributed by atoms with Crippen molar-refractivity contribution in [3.63, 3.8) is 0 Å². The second-order valence-corrected chi connectivity index (χ2v) is 5.28. The van der Waals surface area contributed by atoms with Crippen molar-refractivity contribution in [1.82, 2.24) is 5.32 Å². The molecule has 16 heavy (non-hydrogen) atoms. The van der Waals surface area contributed by atoms with Gasteiger partial charge < -0.3 is 5.32 Å². The smallest absolute Gasteiger partial charge is 0.0406 e. The molecule has 1 saturated carbocycles. The first kappa shape index (κ1) is 11.9. The summed E-state index contributed by atoms with van der Waals surface area (Å²) < 4.78 is 0. The van der Waals surface area contributed by atoms with E-state index in [2.05, 4.69) is 24.4 Å². The van der Waals surface area contributed by atoms with E-state index in [0.717, 1.165) is 17.5 Å². The molecule has 1 aromatic rings. The van der Waals surface area contributed by atoms with Crippen molar-refractivity contribution in [2.45, 2.75) is 45.2 Å². The number of rotatable bonds is 4. The second-order valence-electron chi connectivity index (χ2n) is 4.84. The zero-order valence-corrected chi connectivity index (χ0v) is 10.6. The van der Waals surface area contributed by atoms with E-state index in [1.165, 1.54) is 31.2 Å². The Morgan fingerprint density at radius 2 is 1.88 bits per heavy atom. The van der Waals surface area contributed by atoms with Gasteiger partial charge in [0, 0.05) is 17.6 Å². The fraction of sp³-hybridized carbons (Fsp3) is 0.571. The molecule has 0 saturated heterocycles. The normalized spacial score (nSPS) is 18.9.